The summed E-state index contributed by atoms with van der Waals surface area (Å²) < 4.78 is 26.7. The predicted octanol–water partition coefficient (Wildman–Crippen LogP) is 1.60. The van der Waals surface area contributed by atoms with Gasteiger partial charge in [0.2, 0.25) is 10.0 Å². The molecule has 0 atom stereocenters. The summed E-state index contributed by atoms with van der Waals surface area (Å²) in [4.78, 5) is 13.1. The van der Waals surface area contributed by atoms with Crippen molar-refractivity contribution < 1.29 is 18.3 Å². The number of thiophene rings is 1. The zero-order chi connectivity index (χ0) is 15.3. The summed E-state index contributed by atoms with van der Waals surface area (Å²) >= 11 is 0.774. The molecule has 0 amide bonds. The van der Waals surface area contributed by atoms with Crippen LogP contribution in [0.25, 0.3) is 0 Å². The van der Waals surface area contributed by atoms with Gasteiger partial charge < -0.3 is 10.0 Å². The first kappa shape index (κ1) is 16.4. The Kier molecular flexibility index (Phi) is 5.74. The molecule has 1 saturated heterocycles. The molecule has 2 heterocycles. The molecule has 21 heavy (non-hydrogen) atoms. The van der Waals surface area contributed by atoms with Crippen LogP contribution in [0.15, 0.2) is 16.3 Å². The Morgan fingerprint density at radius 2 is 1.90 bits per heavy atom. The number of carbonyl (C=O) groups is 1. The molecule has 0 aromatic carbocycles. The van der Waals surface area contributed by atoms with E-state index in [0.717, 1.165) is 24.4 Å². The fraction of sp³-hybridized carbons (Fsp3) is 0.615. The van der Waals surface area contributed by atoms with Gasteiger partial charge >= 0.3 is 5.97 Å². The second-order valence-electron chi connectivity index (χ2n) is 5.08. The van der Waals surface area contributed by atoms with E-state index in [1.807, 2.05) is 0 Å². The van der Waals surface area contributed by atoms with Crippen molar-refractivity contribution in [1.82, 2.24) is 9.62 Å². The molecule has 118 valence electrons. The van der Waals surface area contributed by atoms with Crippen molar-refractivity contribution in [1.29, 1.82) is 0 Å². The van der Waals surface area contributed by atoms with E-state index in [9.17, 15) is 13.2 Å². The highest BCUT2D eigenvalue weighted by atomic mass is 32.2. The Balaban J connectivity index is 1.87. The van der Waals surface area contributed by atoms with Gasteiger partial charge in [0.25, 0.3) is 0 Å². The number of rotatable bonds is 6. The molecule has 8 heteroatoms. The molecule has 0 aliphatic carbocycles. The van der Waals surface area contributed by atoms with E-state index in [-0.39, 0.29) is 9.09 Å². The lowest BCUT2D eigenvalue weighted by Gasteiger charge is -2.19. The molecule has 6 nitrogen and oxygen atoms in total. The highest BCUT2D eigenvalue weighted by molar-refractivity contribution is 7.91. The topological polar surface area (TPSA) is 86.7 Å². The van der Waals surface area contributed by atoms with Crippen LogP contribution in [0, 0.1) is 0 Å². The maximum atomic E-state index is 12.1. The van der Waals surface area contributed by atoms with Gasteiger partial charge in [-0.2, -0.15) is 0 Å². The normalized spacial score (nSPS) is 17.5. The van der Waals surface area contributed by atoms with E-state index in [1.165, 1.54) is 37.8 Å². The maximum Gasteiger partial charge on any atom is 0.345 e. The summed E-state index contributed by atoms with van der Waals surface area (Å²) in [7, 11) is -3.60. The molecule has 1 aliphatic rings. The molecular formula is C13H20N2O4S2. The third-order valence-electron chi connectivity index (χ3n) is 3.48. The number of carboxylic acids is 1. The van der Waals surface area contributed by atoms with Gasteiger partial charge in [0, 0.05) is 13.1 Å². The smallest absolute Gasteiger partial charge is 0.345 e. The van der Waals surface area contributed by atoms with E-state index >= 15 is 0 Å². The SMILES string of the molecule is O=C(O)c1ccc(S(=O)(=O)NCCN2CCCCCC2)s1. The van der Waals surface area contributed by atoms with Crippen LogP contribution in [0.5, 0.6) is 0 Å². The minimum Gasteiger partial charge on any atom is -0.477 e. The van der Waals surface area contributed by atoms with Crippen LogP contribution in [0.1, 0.15) is 35.4 Å². The lowest BCUT2D eigenvalue weighted by atomic mass is 10.2. The molecule has 2 rings (SSSR count). The molecule has 0 saturated carbocycles. The molecule has 1 aliphatic heterocycles. The molecule has 0 unspecified atom stereocenters. The molecule has 0 spiro atoms. The second kappa shape index (κ2) is 7.35. The van der Waals surface area contributed by atoms with Gasteiger partial charge in [-0.15, -0.1) is 11.3 Å². The Bertz CT molecular complexity index is 575. The number of aromatic carboxylic acids is 1. The highest BCUT2D eigenvalue weighted by Crippen LogP contribution is 2.21. The van der Waals surface area contributed by atoms with Crippen molar-refractivity contribution in [3.8, 4) is 0 Å². The maximum absolute atomic E-state index is 12.1. The molecule has 1 aromatic heterocycles. The third-order valence-corrected chi connectivity index (χ3v) is 6.50. The number of nitrogens with zero attached hydrogens (tertiary/aromatic N) is 1. The molecule has 2 N–H and O–H groups in total. The van der Waals surface area contributed by atoms with Crippen LogP contribution in [-0.2, 0) is 10.0 Å². The zero-order valence-corrected chi connectivity index (χ0v) is 13.4. The number of carboxylic acid groups (broad SMARTS) is 1. The summed E-state index contributed by atoms with van der Waals surface area (Å²) in [6, 6.07) is 2.65. The number of hydrogen-bond donors (Lipinski definition) is 2. The van der Waals surface area contributed by atoms with Crippen LogP contribution in [0.3, 0.4) is 0 Å². The zero-order valence-electron chi connectivity index (χ0n) is 11.7. The lowest BCUT2D eigenvalue weighted by molar-refractivity contribution is 0.0702. The molecular weight excluding hydrogens is 312 g/mol. The monoisotopic (exact) mass is 332 g/mol. The van der Waals surface area contributed by atoms with E-state index in [1.54, 1.807) is 0 Å². The minimum absolute atomic E-state index is 0.0305. The van der Waals surface area contributed by atoms with Crippen molar-refractivity contribution >= 4 is 27.3 Å². The summed E-state index contributed by atoms with van der Waals surface area (Å²) in [5.74, 6) is -1.11. The van der Waals surface area contributed by atoms with Crippen molar-refractivity contribution in [2.75, 3.05) is 26.2 Å². The summed E-state index contributed by atoms with van der Waals surface area (Å²) in [5.41, 5.74) is 0. The average Bonchev–Trinajstić information content (AvgIpc) is 2.80. The first-order valence-electron chi connectivity index (χ1n) is 7.04. The van der Waals surface area contributed by atoms with Gasteiger partial charge in [-0.05, 0) is 38.1 Å². The second-order valence-corrected chi connectivity index (χ2v) is 8.16. The molecule has 1 aromatic rings. The quantitative estimate of drug-likeness (QED) is 0.826. The summed E-state index contributed by atoms with van der Waals surface area (Å²) in [6.45, 7) is 3.08. The average molecular weight is 332 g/mol. The lowest BCUT2D eigenvalue weighted by Crippen LogP contribution is -2.35. The van der Waals surface area contributed by atoms with Gasteiger partial charge in [0.05, 0.1) is 0 Å². The van der Waals surface area contributed by atoms with Crippen molar-refractivity contribution in [2.24, 2.45) is 0 Å². The first-order chi connectivity index (χ1) is 9.99. The fourth-order valence-corrected chi connectivity index (χ4v) is 4.56. The van der Waals surface area contributed by atoms with Crippen LogP contribution in [-0.4, -0.2) is 50.6 Å². The Morgan fingerprint density at radius 1 is 1.24 bits per heavy atom. The Labute approximate surface area is 128 Å². The van der Waals surface area contributed by atoms with Crippen LogP contribution in [0.2, 0.25) is 0 Å². The first-order valence-corrected chi connectivity index (χ1v) is 9.34. The van der Waals surface area contributed by atoms with Crippen LogP contribution >= 0.6 is 11.3 Å². The minimum atomic E-state index is -3.60. The van der Waals surface area contributed by atoms with Gasteiger partial charge in [-0.25, -0.2) is 17.9 Å². The summed E-state index contributed by atoms with van der Waals surface area (Å²) in [5, 5.41) is 8.83. The van der Waals surface area contributed by atoms with E-state index < -0.39 is 16.0 Å². The number of sulfonamides is 1. The molecule has 0 radical (unpaired) electrons. The van der Waals surface area contributed by atoms with Crippen LogP contribution < -0.4 is 4.72 Å². The Morgan fingerprint density at radius 3 is 2.48 bits per heavy atom. The summed E-state index contributed by atoms with van der Waals surface area (Å²) in [6.07, 6.45) is 4.82. The van der Waals surface area contributed by atoms with Crippen LogP contribution in [0.4, 0.5) is 0 Å². The van der Waals surface area contributed by atoms with Crippen molar-refractivity contribution in [2.45, 2.75) is 29.9 Å². The molecule has 0 bridgehead atoms. The number of hydrogen-bond acceptors (Lipinski definition) is 5. The third kappa shape index (κ3) is 4.77. The number of nitrogens with one attached hydrogen (secondary N) is 1. The Hall–Kier alpha value is -0.960. The predicted molar refractivity (Wildman–Crippen MR) is 81.4 cm³/mol. The standard InChI is InChI=1S/C13H20N2O4S2/c16-13(17)11-5-6-12(20-11)21(18,19)14-7-10-15-8-3-1-2-4-9-15/h5-6,14H,1-4,7-10H2,(H,16,17). The van der Waals surface area contributed by atoms with Gasteiger partial charge in [-0.3, -0.25) is 0 Å². The van der Waals surface area contributed by atoms with Crippen molar-refractivity contribution in [3.05, 3.63) is 17.0 Å². The van der Waals surface area contributed by atoms with Crippen molar-refractivity contribution in [3.63, 3.8) is 0 Å². The van der Waals surface area contributed by atoms with Gasteiger partial charge in [0.15, 0.2) is 0 Å². The number of likely N-dealkylation sites (tertiary alicyclic amines) is 1. The van der Waals surface area contributed by atoms with E-state index in [2.05, 4.69) is 9.62 Å². The van der Waals surface area contributed by atoms with Gasteiger partial charge in [0.1, 0.15) is 9.09 Å². The fourth-order valence-electron chi connectivity index (χ4n) is 2.35. The van der Waals surface area contributed by atoms with Gasteiger partial charge in [-0.1, -0.05) is 12.8 Å². The van der Waals surface area contributed by atoms with E-state index in [0.29, 0.717) is 13.1 Å². The van der Waals surface area contributed by atoms with E-state index in [4.69, 9.17) is 5.11 Å². The highest BCUT2D eigenvalue weighted by Gasteiger charge is 2.19. The largest absolute Gasteiger partial charge is 0.477 e. The molecule has 1 fully saturated rings.